The Morgan fingerprint density at radius 2 is 2.10 bits per heavy atom. The van der Waals surface area contributed by atoms with Crippen molar-refractivity contribution >= 4 is 9.84 Å². The fraction of sp³-hybridized carbons (Fsp3) is 0.571. The topological polar surface area (TPSA) is 98.9 Å². The highest BCUT2D eigenvalue weighted by Crippen LogP contribution is 2.62. The lowest BCUT2D eigenvalue weighted by Crippen LogP contribution is -2.28. The molecule has 3 rings (SSSR count). The summed E-state index contributed by atoms with van der Waals surface area (Å²) in [6.45, 7) is 1.67. The summed E-state index contributed by atoms with van der Waals surface area (Å²) in [6, 6.07) is 5.38. The van der Waals surface area contributed by atoms with Crippen LogP contribution in [0.2, 0.25) is 0 Å². The van der Waals surface area contributed by atoms with Crippen molar-refractivity contribution in [1.82, 2.24) is 0 Å². The number of rotatable bonds is 5. The summed E-state index contributed by atoms with van der Waals surface area (Å²) in [4.78, 5) is 0. The van der Waals surface area contributed by atoms with Gasteiger partial charge in [0.25, 0.3) is 0 Å². The van der Waals surface area contributed by atoms with E-state index >= 15 is 0 Å². The summed E-state index contributed by atoms with van der Waals surface area (Å²) in [5, 5.41) is 9.08. The van der Waals surface area contributed by atoms with E-state index in [1.54, 1.807) is 19.1 Å². The monoisotopic (exact) mass is 313 g/mol. The van der Waals surface area contributed by atoms with Crippen LogP contribution >= 0.6 is 0 Å². The van der Waals surface area contributed by atoms with Crippen LogP contribution < -0.4 is 15.2 Å². The van der Waals surface area contributed by atoms with Crippen molar-refractivity contribution in [3.8, 4) is 11.5 Å². The first kappa shape index (κ1) is 14.6. The third-order valence-corrected chi connectivity index (χ3v) is 6.92. The van der Waals surface area contributed by atoms with Gasteiger partial charge in [-0.25, -0.2) is 8.42 Å². The van der Waals surface area contributed by atoms with Crippen molar-refractivity contribution < 1.29 is 23.0 Å². The lowest BCUT2D eigenvalue weighted by molar-refractivity contribution is 0.174. The van der Waals surface area contributed by atoms with E-state index in [9.17, 15) is 13.5 Å². The predicted octanol–water partition coefficient (Wildman–Crippen LogP) is 0.253. The Bertz CT molecular complexity index is 653. The smallest absolute Gasteiger partial charge is 0.231 e. The van der Waals surface area contributed by atoms with Crippen molar-refractivity contribution in [3.05, 3.63) is 23.8 Å². The minimum Gasteiger partial charge on any atom is -0.454 e. The maximum Gasteiger partial charge on any atom is 0.231 e. The molecule has 7 heteroatoms. The van der Waals surface area contributed by atoms with Gasteiger partial charge in [-0.2, -0.15) is 0 Å². The van der Waals surface area contributed by atoms with Crippen LogP contribution in [0.4, 0.5) is 0 Å². The molecule has 0 saturated heterocycles. The maximum absolute atomic E-state index is 12.3. The van der Waals surface area contributed by atoms with Crippen molar-refractivity contribution in [2.45, 2.75) is 18.1 Å². The molecule has 3 atom stereocenters. The Labute approximate surface area is 123 Å². The SMILES string of the molecule is CCS(=O)(=O)[C@@H]1[C@H](c2ccc3c(c2)OCO3)[C@@]1(CN)CO. The molecule has 0 spiro atoms. The molecule has 1 aromatic carbocycles. The van der Waals surface area contributed by atoms with E-state index in [2.05, 4.69) is 0 Å². The fourth-order valence-corrected chi connectivity index (χ4v) is 5.46. The quantitative estimate of drug-likeness (QED) is 0.808. The Morgan fingerprint density at radius 3 is 2.71 bits per heavy atom. The van der Waals surface area contributed by atoms with Crippen LogP contribution in [0.15, 0.2) is 18.2 Å². The van der Waals surface area contributed by atoms with Crippen molar-refractivity contribution in [2.24, 2.45) is 11.1 Å². The first-order valence-electron chi connectivity index (χ1n) is 6.92. The summed E-state index contributed by atoms with van der Waals surface area (Å²) in [5.74, 6) is 1.00. The van der Waals surface area contributed by atoms with E-state index in [4.69, 9.17) is 15.2 Å². The molecule has 0 bridgehead atoms. The standard InChI is InChI=1S/C14H19NO5S/c1-2-21(17,18)13-12(14(13,6-15)7-16)9-3-4-10-11(5-9)20-8-19-10/h3-5,12-13,16H,2,6-8,15H2,1H3/t12-,13+,14+/m0/s1. The van der Waals surface area contributed by atoms with Gasteiger partial charge in [-0.15, -0.1) is 0 Å². The van der Waals surface area contributed by atoms with E-state index in [-0.39, 0.29) is 31.6 Å². The molecule has 21 heavy (non-hydrogen) atoms. The van der Waals surface area contributed by atoms with Crippen LogP contribution in [0.3, 0.4) is 0 Å². The van der Waals surface area contributed by atoms with Crippen molar-refractivity contribution in [3.63, 3.8) is 0 Å². The number of fused-ring (bicyclic) bond motifs is 1. The van der Waals surface area contributed by atoms with E-state index in [1.807, 2.05) is 6.07 Å². The zero-order chi connectivity index (χ0) is 15.3. The van der Waals surface area contributed by atoms with Gasteiger partial charge < -0.3 is 20.3 Å². The molecule has 0 aromatic heterocycles. The Morgan fingerprint density at radius 1 is 1.38 bits per heavy atom. The number of sulfone groups is 1. The molecule has 0 unspecified atom stereocenters. The second-order valence-electron chi connectivity index (χ2n) is 5.56. The second kappa shape index (κ2) is 4.86. The molecular weight excluding hydrogens is 294 g/mol. The van der Waals surface area contributed by atoms with Crippen LogP contribution in [0.25, 0.3) is 0 Å². The van der Waals surface area contributed by atoms with Crippen LogP contribution in [-0.2, 0) is 9.84 Å². The molecule has 3 N–H and O–H groups in total. The summed E-state index contributed by atoms with van der Waals surface area (Å²) >= 11 is 0. The van der Waals surface area contributed by atoms with E-state index in [0.29, 0.717) is 11.5 Å². The number of nitrogens with two attached hydrogens (primary N) is 1. The van der Waals surface area contributed by atoms with Crippen LogP contribution in [0, 0.1) is 5.41 Å². The number of hydrogen-bond acceptors (Lipinski definition) is 6. The zero-order valence-corrected chi connectivity index (χ0v) is 12.6. The highest BCUT2D eigenvalue weighted by Gasteiger charge is 2.69. The molecule has 1 heterocycles. The van der Waals surface area contributed by atoms with Gasteiger partial charge in [0.05, 0.1) is 11.9 Å². The molecule has 6 nitrogen and oxygen atoms in total. The highest BCUT2D eigenvalue weighted by atomic mass is 32.2. The number of hydrogen-bond donors (Lipinski definition) is 2. The lowest BCUT2D eigenvalue weighted by Gasteiger charge is -2.11. The predicted molar refractivity (Wildman–Crippen MR) is 77.1 cm³/mol. The van der Waals surface area contributed by atoms with Gasteiger partial charge in [0.1, 0.15) is 0 Å². The van der Waals surface area contributed by atoms with Gasteiger partial charge in [0, 0.05) is 23.6 Å². The van der Waals surface area contributed by atoms with Gasteiger partial charge in [-0.1, -0.05) is 13.0 Å². The van der Waals surface area contributed by atoms with Crippen LogP contribution in [-0.4, -0.2) is 44.5 Å². The maximum atomic E-state index is 12.3. The minimum absolute atomic E-state index is 0.0421. The Kier molecular flexibility index (Phi) is 3.38. The summed E-state index contributed by atoms with van der Waals surface area (Å²) in [5.41, 5.74) is 5.81. The molecule has 1 aromatic rings. The molecule has 116 valence electrons. The molecule has 0 amide bonds. The first-order valence-corrected chi connectivity index (χ1v) is 8.63. The van der Waals surface area contributed by atoms with Gasteiger partial charge in [0.2, 0.25) is 6.79 Å². The molecular formula is C14H19NO5S. The van der Waals surface area contributed by atoms with E-state index in [0.717, 1.165) is 5.56 Å². The average Bonchev–Trinajstić information content (AvgIpc) is 2.98. The number of aliphatic hydroxyl groups is 1. The number of benzene rings is 1. The molecule has 1 fully saturated rings. The highest BCUT2D eigenvalue weighted by molar-refractivity contribution is 7.92. The second-order valence-corrected chi connectivity index (χ2v) is 7.97. The van der Waals surface area contributed by atoms with E-state index < -0.39 is 20.5 Å². The number of ether oxygens (including phenoxy) is 2. The molecule has 0 radical (unpaired) electrons. The number of aliphatic hydroxyl groups excluding tert-OH is 1. The Balaban J connectivity index is 2.01. The van der Waals surface area contributed by atoms with E-state index in [1.165, 1.54) is 0 Å². The van der Waals surface area contributed by atoms with Crippen LogP contribution in [0.1, 0.15) is 18.4 Å². The first-order chi connectivity index (χ1) is 10.00. The average molecular weight is 313 g/mol. The van der Waals surface area contributed by atoms with Gasteiger partial charge in [0.15, 0.2) is 21.3 Å². The lowest BCUT2D eigenvalue weighted by atomic mass is 10.00. The molecule has 1 aliphatic carbocycles. The van der Waals surface area contributed by atoms with Crippen molar-refractivity contribution in [2.75, 3.05) is 25.7 Å². The third kappa shape index (κ3) is 2.03. The molecule has 1 saturated carbocycles. The Hall–Kier alpha value is -1.31. The molecule has 1 aliphatic heterocycles. The summed E-state index contributed by atoms with van der Waals surface area (Å²) < 4.78 is 35.2. The van der Waals surface area contributed by atoms with Gasteiger partial charge >= 0.3 is 0 Å². The minimum atomic E-state index is -3.28. The normalized spacial score (nSPS) is 30.4. The van der Waals surface area contributed by atoms with Crippen LogP contribution in [0.5, 0.6) is 11.5 Å². The zero-order valence-electron chi connectivity index (χ0n) is 11.8. The van der Waals surface area contributed by atoms with Gasteiger partial charge in [-0.3, -0.25) is 0 Å². The molecule has 2 aliphatic rings. The summed E-state index contributed by atoms with van der Waals surface area (Å²) in [6.07, 6.45) is 0. The van der Waals surface area contributed by atoms with Crippen molar-refractivity contribution in [1.29, 1.82) is 0 Å². The van der Waals surface area contributed by atoms with Gasteiger partial charge in [-0.05, 0) is 17.7 Å². The third-order valence-electron chi connectivity index (χ3n) is 4.60. The largest absolute Gasteiger partial charge is 0.454 e. The fourth-order valence-electron chi connectivity index (χ4n) is 3.31. The summed E-state index contributed by atoms with van der Waals surface area (Å²) in [7, 11) is -3.28.